The first-order valence-electron chi connectivity index (χ1n) is 7.32. The van der Waals surface area contributed by atoms with Gasteiger partial charge >= 0.3 is 12.0 Å². The summed E-state index contributed by atoms with van der Waals surface area (Å²) in [6.45, 7) is 0.245. The van der Waals surface area contributed by atoms with Crippen molar-refractivity contribution >= 4 is 34.6 Å². The van der Waals surface area contributed by atoms with Crippen molar-refractivity contribution in [2.24, 2.45) is 5.92 Å². The van der Waals surface area contributed by atoms with E-state index in [4.69, 9.17) is 16.7 Å². The molecule has 1 fully saturated rings. The number of nitrogens with zero attached hydrogens (tertiary/aromatic N) is 2. The first-order valence-corrected chi connectivity index (χ1v) is 7.70. The summed E-state index contributed by atoms with van der Waals surface area (Å²) in [6.07, 6.45) is 1.68. The van der Waals surface area contributed by atoms with E-state index in [1.807, 2.05) is 0 Å². The Balaban J connectivity index is 1.65. The first-order chi connectivity index (χ1) is 10.9. The van der Waals surface area contributed by atoms with Crippen molar-refractivity contribution in [3.05, 3.63) is 29.0 Å². The molecule has 122 valence electrons. The number of fused-ring (bicyclic) bond motifs is 1. The van der Waals surface area contributed by atoms with E-state index in [0.717, 1.165) is 23.9 Å². The highest BCUT2D eigenvalue weighted by Crippen LogP contribution is 2.32. The lowest BCUT2D eigenvalue weighted by atomic mass is 10.2. The van der Waals surface area contributed by atoms with Gasteiger partial charge in [0.15, 0.2) is 0 Å². The summed E-state index contributed by atoms with van der Waals surface area (Å²) in [4.78, 5) is 32.2. The summed E-state index contributed by atoms with van der Waals surface area (Å²) in [6, 6.07) is 4.06. The molecule has 1 aromatic heterocycles. The third-order valence-corrected chi connectivity index (χ3v) is 4.10. The van der Waals surface area contributed by atoms with E-state index < -0.39 is 18.0 Å². The van der Waals surface area contributed by atoms with Crippen molar-refractivity contribution in [2.45, 2.75) is 25.4 Å². The molecule has 2 aromatic rings. The van der Waals surface area contributed by atoms with E-state index in [1.165, 1.54) is 4.90 Å². The van der Waals surface area contributed by atoms with Gasteiger partial charge in [0, 0.05) is 12.1 Å². The van der Waals surface area contributed by atoms with Gasteiger partial charge in [-0.05, 0) is 37.0 Å². The Bertz CT molecular complexity index is 756. The van der Waals surface area contributed by atoms with Gasteiger partial charge < -0.3 is 20.3 Å². The van der Waals surface area contributed by atoms with Gasteiger partial charge in [0.25, 0.3) is 0 Å². The fourth-order valence-electron chi connectivity index (χ4n) is 2.46. The van der Waals surface area contributed by atoms with Crippen LogP contribution in [0.1, 0.15) is 18.7 Å². The Morgan fingerprint density at radius 3 is 2.91 bits per heavy atom. The maximum atomic E-state index is 12.2. The van der Waals surface area contributed by atoms with Gasteiger partial charge in [0.05, 0.1) is 17.6 Å². The number of carbonyl (C=O) groups excluding carboxylic acids is 1. The fourth-order valence-corrected chi connectivity index (χ4v) is 2.63. The summed E-state index contributed by atoms with van der Waals surface area (Å²) >= 11 is 5.93. The fraction of sp³-hybridized carbons (Fsp3) is 0.400. The Labute approximate surface area is 137 Å². The zero-order valence-corrected chi connectivity index (χ0v) is 13.3. The number of imidazole rings is 1. The molecule has 0 aliphatic heterocycles. The Morgan fingerprint density at radius 1 is 1.52 bits per heavy atom. The van der Waals surface area contributed by atoms with E-state index in [9.17, 15) is 9.59 Å². The number of rotatable bonds is 5. The third kappa shape index (κ3) is 3.56. The molecule has 23 heavy (non-hydrogen) atoms. The number of nitrogens with one attached hydrogen (secondary N) is 2. The molecule has 0 bridgehead atoms. The number of carboxylic acids is 1. The number of hydrogen-bond donors (Lipinski definition) is 3. The molecular weight excluding hydrogens is 320 g/mol. The summed E-state index contributed by atoms with van der Waals surface area (Å²) in [5, 5.41) is 12.3. The molecule has 1 aliphatic carbocycles. The number of aromatic amines is 1. The zero-order valence-electron chi connectivity index (χ0n) is 12.5. The topological polar surface area (TPSA) is 98.3 Å². The van der Waals surface area contributed by atoms with Gasteiger partial charge in [0.2, 0.25) is 0 Å². The number of aliphatic carboxylic acids is 1. The number of halogens is 1. The zero-order chi connectivity index (χ0) is 16.6. The van der Waals surface area contributed by atoms with Crippen LogP contribution >= 0.6 is 11.6 Å². The molecule has 0 spiro atoms. The lowest BCUT2D eigenvalue weighted by Crippen LogP contribution is -2.47. The largest absolute Gasteiger partial charge is 0.480 e. The first kappa shape index (κ1) is 15.6. The van der Waals surface area contributed by atoms with Crippen molar-refractivity contribution < 1.29 is 14.7 Å². The maximum absolute atomic E-state index is 12.2. The molecular formula is C15H17ClN4O3. The number of carbonyl (C=O) groups is 2. The molecule has 3 N–H and O–H groups in total. The molecule has 0 unspecified atom stereocenters. The van der Waals surface area contributed by atoms with Crippen LogP contribution in [-0.4, -0.2) is 45.1 Å². The highest BCUT2D eigenvalue weighted by atomic mass is 35.5. The summed E-state index contributed by atoms with van der Waals surface area (Å²) in [5.41, 5.74) is 1.56. The SMILES string of the molecule is CN(Cc1nc2ccc(Cl)cc2[nH]1)C(=O)N[C@H](C(=O)O)C1CC1. The number of aromatic nitrogens is 2. The van der Waals surface area contributed by atoms with Gasteiger partial charge in [-0.1, -0.05) is 11.6 Å². The van der Waals surface area contributed by atoms with Crippen LogP contribution in [0.2, 0.25) is 5.02 Å². The van der Waals surface area contributed by atoms with Crippen molar-refractivity contribution in [3.63, 3.8) is 0 Å². The standard InChI is InChI=1S/C15H17ClN4O3/c1-20(15(23)19-13(14(21)22)8-2-3-8)7-12-17-10-5-4-9(16)6-11(10)18-12/h4-6,8,13H,2-3,7H2,1H3,(H,17,18)(H,19,23)(H,21,22)/t13-/m0/s1. The van der Waals surface area contributed by atoms with E-state index in [2.05, 4.69) is 15.3 Å². The van der Waals surface area contributed by atoms with Gasteiger partial charge in [-0.15, -0.1) is 0 Å². The van der Waals surface area contributed by atoms with E-state index in [1.54, 1.807) is 25.2 Å². The van der Waals surface area contributed by atoms with Gasteiger partial charge in [0.1, 0.15) is 11.9 Å². The minimum atomic E-state index is -0.993. The molecule has 1 aliphatic rings. The highest BCUT2D eigenvalue weighted by molar-refractivity contribution is 6.31. The predicted molar refractivity (Wildman–Crippen MR) is 85.3 cm³/mol. The molecule has 7 nitrogen and oxygen atoms in total. The monoisotopic (exact) mass is 336 g/mol. The van der Waals surface area contributed by atoms with Crippen molar-refractivity contribution in [1.29, 1.82) is 0 Å². The molecule has 0 radical (unpaired) electrons. The smallest absolute Gasteiger partial charge is 0.326 e. The molecule has 3 rings (SSSR count). The van der Waals surface area contributed by atoms with Crippen LogP contribution in [0.25, 0.3) is 11.0 Å². The predicted octanol–water partition coefficient (Wildman–Crippen LogP) is 2.22. The average Bonchev–Trinajstić information content (AvgIpc) is 3.24. The number of H-pyrrole nitrogens is 1. The second kappa shape index (κ2) is 6.08. The van der Waals surface area contributed by atoms with Crippen LogP contribution < -0.4 is 5.32 Å². The molecule has 2 amide bonds. The normalized spacial score (nSPS) is 15.4. The van der Waals surface area contributed by atoms with Crippen molar-refractivity contribution in [2.75, 3.05) is 7.05 Å². The quantitative estimate of drug-likeness (QED) is 0.779. The molecule has 1 aromatic carbocycles. The Morgan fingerprint density at radius 2 is 2.26 bits per heavy atom. The average molecular weight is 337 g/mol. The molecule has 1 saturated carbocycles. The van der Waals surface area contributed by atoms with Crippen LogP contribution in [0.4, 0.5) is 4.79 Å². The number of carboxylic acid groups (broad SMARTS) is 1. The van der Waals surface area contributed by atoms with Crippen LogP contribution in [-0.2, 0) is 11.3 Å². The summed E-state index contributed by atoms with van der Waals surface area (Å²) < 4.78 is 0. The van der Waals surface area contributed by atoms with Crippen LogP contribution in [0.5, 0.6) is 0 Å². The number of hydrogen-bond acceptors (Lipinski definition) is 3. The molecule has 1 atom stereocenters. The highest BCUT2D eigenvalue weighted by Gasteiger charge is 2.37. The van der Waals surface area contributed by atoms with Crippen LogP contribution in [0.3, 0.4) is 0 Å². The van der Waals surface area contributed by atoms with Gasteiger partial charge in [-0.25, -0.2) is 14.6 Å². The van der Waals surface area contributed by atoms with E-state index in [-0.39, 0.29) is 12.5 Å². The van der Waals surface area contributed by atoms with Crippen LogP contribution in [0.15, 0.2) is 18.2 Å². The summed E-state index contributed by atoms with van der Waals surface area (Å²) in [7, 11) is 1.60. The molecule has 1 heterocycles. The number of urea groups is 1. The molecule has 0 saturated heterocycles. The Hall–Kier alpha value is -2.28. The van der Waals surface area contributed by atoms with E-state index >= 15 is 0 Å². The van der Waals surface area contributed by atoms with Crippen molar-refractivity contribution in [3.8, 4) is 0 Å². The van der Waals surface area contributed by atoms with Crippen molar-refractivity contribution in [1.82, 2.24) is 20.2 Å². The lowest BCUT2D eigenvalue weighted by molar-refractivity contribution is -0.139. The lowest BCUT2D eigenvalue weighted by Gasteiger charge is -2.20. The second-order valence-corrected chi connectivity index (χ2v) is 6.24. The van der Waals surface area contributed by atoms with Crippen LogP contribution in [0, 0.1) is 5.92 Å². The second-order valence-electron chi connectivity index (χ2n) is 5.80. The van der Waals surface area contributed by atoms with Gasteiger partial charge in [-0.3, -0.25) is 0 Å². The number of benzene rings is 1. The van der Waals surface area contributed by atoms with Gasteiger partial charge in [-0.2, -0.15) is 0 Å². The minimum absolute atomic E-state index is 0.0400. The van der Waals surface area contributed by atoms with E-state index in [0.29, 0.717) is 10.8 Å². The number of amides is 2. The molecule has 8 heteroatoms. The minimum Gasteiger partial charge on any atom is -0.480 e. The third-order valence-electron chi connectivity index (χ3n) is 3.87. The maximum Gasteiger partial charge on any atom is 0.326 e. The summed E-state index contributed by atoms with van der Waals surface area (Å²) in [5.74, 6) is -0.343. The Kier molecular flexibility index (Phi) is 4.12.